The molecule has 0 fully saturated rings. The Bertz CT molecular complexity index is 671. The number of ether oxygens (including phenoxy) is 1. The molecule has 7 heteroatoms. The number of aromatic nitrogens is 4. The molecule has 1 aromatic heterocycles. The molecule has 0 atom stereocenters. The molecule has 2 aromatic rings. The second kappa shape index (κ2) is 7.04. The van der Waals surface area contributed by atoms with Gasteiger partial charge in [0.05, 0.1) is 6.54 Å². The van der Waals surface area contributed by atoms with Gasteiger partial charge in [0, 0.05) is 0 Å². The highest BCUT2D eigenvalue weighted by molar-refractivity contribution is 5.90. The predicted octanol–water partition coefficient (Wildman–Crippen LogP) is 2.17. The molecule has 0 unspecified atom stereocenters. The van der Waals surface area contributed by atoms with Crippen LogP contribution in [0.5, 0.6) is 5.75 Å². The zero-order valence-corrected chi connectivity index (χ0v) is 13.6. The quantitative estimate of drug-likeness (QED) is 0.826. The molecule has 0 bridgehead atoms. The Hall–Kier alpha value is -2.70. The first kappa shape index (κ1) is 16.7. The summed E-state index contributed by atoms with van der Waals surface area (Å²) in [6, 6.07) is 7.70. The maximum Gasteiger partial charge on any atom is 0.270 e. The molecule has 0 aliphatic heterocycles. The summed E-state index contributed by atoms with van der Waals surface area (Å²) in [6.45, 7) is 10.3. The number of amides is 1. The largest absolute Gasteiger partial charge is 0.484 e. The van der Waals surface area contributed by atoms with E-state index in [9.17, 15) is 4.79 Å². The van der Waals surface area contributed by atoms with E-state index in [1.165, 1.54) is 10.4 Å². The van der Waals surface area contributed by atoms with Crippen LogP contribution in [-0.4, -0.2) is 32.7 Å². The molecular formula is C16H21N5O2. The molecule has 0 saturated carbocycles. The number of anilines is 1. The normalized spacial score (nSPS) is 11.1. The highest BCUT2D eigenvalue weighted by atomic mass is 16.5. The molecule has 0 aliphatic carbocycles. The second-order valence-corrected chi connectivity index (χ2v) is 6.07. The van der Waals surface area contributed by atoms with Crippen molar-refractivity contribution in [2.24, 2.45) is 0 Å². The Morgan fingerprint density at radius 1 is 1.35 bits per heavy atom. The third kappa shape index (κ3) is 4.91. The lowest BCUT2D eigenvalue weighted by molar-refractivity contribution is -0.118. The van der Waals surface area contributed by atoms with Gasteiger partial charge in [-0.1, -0.05) is 44.1 Å². The van der Waals surface area contributed by atoms with Gasteiger partial charge < -0.3 is 4.74 Å². The minimum Gasteiger partial charge on any atom is -0.484 e. The average Bonchev–Trinajstić information content (AvgIpc) is 2.92. The molecule has 0 saturated heterocycles. The lowest BCUT2D eigenvalue weighted by atomic mass is 9.87. The zero-order valence-electron chi connectivity index (χ0n) is 13.6. The number of carbonyl (C=O) groups is 1. The van der Waals surface area contributed by atoms with Gasteiger partial charge in [-0.15, -0.1) is 11.7 Å². The SMILES string of the molecule is C=CCn1nnc(NC(=O)COc2ccc(C(C)(C)C)cc2)n1. The Kier molecular flexibility index (Phi) is 5.10. The van der Waals surface area contributed by atoms with Crippen LogP contribution >= 0.6 is 0 Å². The molecule has 1 aromatic carbocycles. The van der Waals surface area contributed by atoms with Gasteiger partial charge in [-0.25, -0.2) is 0 Å². The van der Waals surface area contributed by atoms with Gasteiger partial charge in [0.2, 0.25) is 0 Å². The third-order valence-corrected chi connectivity index (χ3v) is 3.09. The van der Waals surface area contributed by atoms with Crippen molar-refractivity contribution >= 4 is 11.9 Å². The van der Waals surface area contributed by atoms with Gasteiger partial charge in [0.15, 0.2) is 6.61 Å². The number of nitrogens with one attached hydrogen (secondary N) is 1. The standard InChI is InChI=1S/C16H21N5O2/c1-5-10-21-19-15(18-20-21)17-14(22)11-23-13-8-6-12(7-9-13)16(2,3)4/h5-9H,1,10-11H2,2-4H3,(H,17,19,22). The number of hydrogen-bond donors (Lipinski definition) is 1. The van der Waals surface area contributed by atoms with E-state index < -0.39 is 0 Å². The molecule has 0 aliphatic rings. The monoisotopic (exact) mass is 315 g/mol. The van der Waals surface area contributed by atoms with Crippen LogP contribution in [0, 0.1) is 0 Å². The molecule has 1 N–H and O–H groups in total. The lowest BCUT2D eigenvalue weighted by Gasteiger charge is -2.19. The summed E-state index contributed by atoms with van der Waals surface area (Å²) in [5, 5.41) is 14.0. The molecule has 1 amide bonds. The number of tetrazole rings is 1. The molecule has 0 radical (unpaired) electrons. The fraction of sp³-hybridized carbons (Fsp3) is 0.375. The topological polar surface area (TPSA) is 81.9 Å². The molecule has 7 nitrogen and oxygen atoms in total. The maximum absolute atomic E-state index is 11.8. The van der Waals surface area contributed by atoms with E-state index in [1.54, 1.807) is 6.08 Å². The summed E-state index contributed by atoms with van der Waals surface area (Å²) in [4.78, 5) is 13.1. The second-order valence-electron chi connectivity index (χ2n) is 6.07. The maximum atomic E-state index is 11.8. The Morgan fingerprint density at radius 2 is 2.04 bits per heavy atom. The first-order chi connectivity index (χ1) is 10.9. The van der Waals surface area contributed by atoms with Gasteiger partial charge in [-0.05, 0) is 28.3 Å². The average molecular weight is 315 g/mol. The summed E-state index contributed by atoms with van der Waals surface area (Å²) >= 11 is 0. The van der Waals surface area contributed by atoms with E-state index in [1.807, 2.05) is 24.3 Å². The summed E-state index contributed by atoms with van der Waals surface area (Å²) in [5.41, 5.74) is 1.29. The van der Waals surface area contributed by atoms with Crippen molar-refractivity contribution < 1.29 is 9.53 Å². The van der Waals surface area contributed by atoms with E-state index in [0.717, 1.165) is 0 Å². The van der Waals surface area contributed by atoms with Crippen LogP contribution in [0.1, 0.15) is 26.3 Å². The summed E-state index contributed by atoms with van der Waals surface area (Å²) in [6.07, 6.45) is 1.64. The van der Waals surface area contributed by atoms with Crippen LogP contribution < -0.4 is 10.1 Å². The molecule has 23 heavy (non-hydrogen) atoms. The first-order valence-electron chi connectivity index (χ1n) is 7.30. The van der Waals surface area contributed by atoms with Crippen molar-refractivity contribution in [2.45, 2.75) is 32.7 Å². The fourth-order valence-electron chi connectivity index (χ4n) is 1.85. The number of nitrogens with zero attached hydrogens (tertiary/aromatic N) is 4. The van der Waals surface area contributed by atoms with Crippen LogP contribution in [0.3, 0.4) is 0 Å². The smallest absolute Gasteiger partial charge is 0.270 e. The first-order valence-corrected chi connectivity index (χ1v) is 7.30. The van der Waals surface area contributed by atoms with Crippen LogP contribution in [0.15, 0.2) is 36.9 Å². The molecular weight excluding hydrogens is 294 g/mol. The lowest BCUT2D eigenvalue weighted by Crippen LogP contribution is -2.21. The van der Waals surface area contributed by atoms with Gasteiger partial charge >= 0.3 is 0 Å². The highest BCUT2D eigenvalue weighted by Crippen LogP contribution is 2.24. The molecule has 1 heterocycles. The van der Waals surface area contributed by atoms with E-state index >= 15 is 0 Å². The van der Waals surface area contributed by atoms with Gasteiger partial charge in [-0.3, -0.25) is 10.1 Å². The minimum absolute atomic E-state index is 0.0822. The number of benzene rings is 1. The summed E-state index contributed by atoms with van der Waals surface area (Å²) in [5.74, 6) is 0.433. The molecule has 2 rings (SSSR count). The van der Waals surface area contributed by atoms with Crippen LogP contribution in [-0.2, 0) is 16.8 Å². The Morgan fingerprint density at radius 3 is 2.65 bits per heavy atom. The fourth-order valence-corrected chi connectivity index (χ4v) is 1.85. The van der Waals surface area contributed by atoms with Crippen LogP contribution in [0.25, 0.3) is 0 Å². The van der Waals surface area contributed by atoms with Crippen LogP contribution in [0.4, 0.5) is 5.95 Å². The van der Waals surface area contributed by atoms with Crippen molar-refractivity contribution in [1.82, 2.24) is 20.2 Å². The summed E-state index contributed by atoms with van der Waals surface area (Å²) < 4.78 is 5.45. The van der Waals surface area contributed by atoms with Crippen molar-refractivity contribution in [3.8, 4) is 5.75 Å². The molecule has 0 spiro atoms. The van der Waals surface area contributed by atoms with E-state index in [-0.39, 0.29) is 23.9 Å². The van der Waals surface area contributed by atoms with E-state index in [0.29, 0.717) is 12.3 Å². The van der Waals surface area contributed by atoms with Crippen molar-refractivity contribution in [3.63, 3.8) is 0 Å². The van der Waals surface area contributed by atoms with Crippen LogP contribution in [0.2, 0.25) is 0 Å². The Balaban J connectivity index is 1.85. The van der Waals surface area contributed by atoms with Crippen molar-refractivity contribution in [2.75, 3.05) is 11.9 Å². The van der Waals surface area contributed by atoms with E-state index in [4.69, 9.17) is 4.74 Å². The number of hydrogen-bond acceptors (Lipinski definition) is 5. The van der Waals surface area contributed by atoms with Gasteiger partial charge in [0.25, 0.3) is 11.9 Å². The van der Waals surface area contributed by atoms with E-state index in [2.05, 4.69) is 48.1 Å². The van der Waals surface area contributed by atoms with Gasteiger partial charge in [0.1, 0.15) is 5.75 Å². The predicted molar refractivity (Wildman–Crippen MR) is 87.3 cm³/mol. The molecule has 122 valence electrons. The third-order valence-electron chi connectivity index (χ3n) is 3.09. The number of allylic oxidation sites excluding steroid dienone is 1. The van der Waals surface area contributed by atoms with Gasteiger partial charge in [-0.2, -0.15) is 4.80 Å². The zero-order chi connectivity index (χ0) is 16.9. The number of rotatable bonds is 6. The summed E-state index contributed by atoms with van der Waals surface area (Å²) in [7, 11) is 0. The van der Waals surface area contributed by atoms with Crippen molar-refractivity contribution in [1.29, 1.82) is 0 Å². The highest BCUT2D eigenvalue weighted by Gasteiger charge is 2.13. The minimum atomic E-state index is -0.344. The number of carbonyl (C=O) groups excluding carboxylic acids is 1. The Labute approximate surface area is 135 Å². The van der Waals surface area contributed by atoms with Crippen molar-refractivity contribution in [3.05, 3.63) is 42.5 Å².